The van der Waals surface area contributed by atoms with Gasteiger partial charge in [0.25, 0.3) is 0 Å². The molecule has 19 heavy (non-hydrogen) atoms. The van der Waals surface area contributed by atoms with Crippen LogP contribution in [0.2, 0.25) is 5.02 Å². The van der Waals surface area contributed by atoms with E-state index in [2.05, 4.69) is 15.9 Å². The van der Waals surface area contributed by atoms with Crippen molar-refractivity contribution in [3.05, 3.63) is 62.6 Å². The van der Waals surface area contributed by atoms with Crippen molar-refractivity contribution >= 4 is 33.5 Å². The lowest BCUT2D eigenvalue weighted by atomic mass is 10.1. The molecule has 0 saturated carbocycles. The molecule has 0 saturated heterocycles. The molecular weight excluding hydrogens is 328 g/mol. The van der Waals surface area contributed by atoms with Crippen molar-refractivity contribution in [3.63, 3.8) is 0 Å². The lowest BCUT2D eigenvalue weighted by Gasteiger charge is -2.10. The first-order valence-electron chi connectivity index (χ1n) is 5.72. The van der Waals surface area contributed by atoms with E-state index in [0.717, 1.165) is 15.6 Å². The quantitative estimate of drug-likeness (QED) is 0.572. The number of halogens is 2. The smallest absolute Gasteiger partial charge is 0.343 e. The average Bonchev–Trinajstić information content (AvgIpc) is 2.33. The fourth-order valence-electron chi connectivity index (χ4n) is 1.74. The van der Waals surface area contributed by atoms with Crippen molar-refractivity contribution in [3.8, 4) is 5.75 Å². The standard InChI is InChI=1S/C15H12BrClO2/c1-9-4-3-5-11(6-9)15(18)19-14-10(2)7-12(16)8-13(14)17/h3-8H,1-2H3. The van der Waals surface area contributed by atoms with Gasteiger partial charge in [-0.15, -0.1) is 0 Å². The maximum absolute atomic E-state index is 12.1. The molecule has 0 aliphatic rings. The van der Waals surface area contributed by atoms with Gasteiger partial charge in [0.2, 0.25) is 0 Å². The van der Waals surface area contributed by atoms with Gasteiger partial charge in [-0.25, -0.2) is 4.79 Å². The lowest BCUT2D eigenvalue weighted by Crippen LogP contribution is -2.09. The summed E-state index contributed by atoms with van der Waals surface area (Å²) in [5.74, 6) is -0.00704. The summed E-state index contributed by atoms with van der Waals surface area (Å²) in [5.41, 5.74) is 2.33. The van der Waals surface area contributed by atoms with Gasteiger partial charge in [-0.1, -0.05) is 45.2 Å². The maximum atomic E-state index is 12.1. The molecule has 0 amide bonds. The Hall–Kier alpha value is -1.32. The summed E-state index contributed by atoms with van der Waals surface area (Å²) >= 11 is 9.43. The summed E-state index contributed by atoms with van der Waals surface area (Å²) in [6.07, 6.45) is 0. The molecule has 2 aromatic carbocycles. The molecule has 4 heteroatoms. The molecule has 0 aromatic heterocycles. The second kappa shape index (κ2) is 5.76. The molecule has 0 unspecified atom stereocenters. The van der Waals surface area contributed by atoms with Crippen molar-refractivity contribution < 1.29 is 9.53 Å². The Bertz CT molecular complexity index is 615. The van der Waals surface area contributed by atoms with Gasteiger partial charge in [0.05, 0.1) is 10.6 Å². The van der Waals surface area contributed by atoms with E-state index >= 15 is 0 Å². The number of hydrogen-bond donors (Lipinski definition) is 0. The van der Waals surface area contributed by atoms with E-state index in [1.165, 1.54) is 0 Å². The van der Waals surface area contributed by atoms with E-state index in [4.69, 9.17) is 16.3 Å². The fourth-order valence-corrected chi connectivity index (χ4v) is 2.75. The van der Waals surface area contributed by atoms with Gasteiger partial charge in [0, 0.05) is 4.47 Å². The van der Waals surface area contributed by atoms with Crippen LogP contribution in [0.3, 0.4) is 0 Å². The van der Waals surface area contributed by atoms with Crippen molar-refractivity contribution in [1.82, 2.24) is 0 Å². The van der Waals surface area contributed by atoms with Crippen LogP contribution in [0.1, 0.15) is 21.5 Å². The molecular formula is C15H12BrClO2. The van der Waals surface area contributed by atoms with Crippen LogP contribution >= 0.6 is 27.5 Å². The van der Waals surface area contributed by atoms with Gasteiger partial charge < -0.3 is 4.74 Å². The minimum Gasteiger partial charge on any atom is -0.421 e. The van der Waals surface area contributed by atoms with Crippen LogP contribution in [0.15, 0.2) is 40.9 Å². The lowest BCUT2D eigenvalue weighted by molar-refractivity contribution is 0.0733. The number of esters is 1. The summed E-state index contributed by atoms with van der Waals surface area (Å²) in [6.45, 7) is 3.77. The summed E-state index contributed by atoms with van der Waals surface area (Å²) < 4.78 is 6.23. The summed E-state index contributed by atoms with van der Waals surface area (Å²) in [5, 5.41) is 0.410. The van der Waals surface area contributed by atoms with Crippen molar-refractivity contribution in [1.29, 1.82) is 0 Å². The number of carbonyl (C=O) groups is 1. The largest absolute Gasteiger partial charge is 0.421 e. The van der Waals surface area contributed by atoms with Gasteiger partial charge in [-0.2, -0.15) is 0 Å². The van der Waals surface area contributed by atoms with E-state index in [1.807, 2.05) is 32.0 Å². The molecule has 98 valence electrons. The number of hydrogen-bond acceptors (Lipinski definition) is 2. The second-order valence-electron chi connectivity index (χ2n) is 4.29. The van der Waals surface area contributed by atoms with Gasteiger partial charge in [0.1, 0.15) is 0 Å². The van der Waals surface area contributed by atoms with Crippen LogP contribution in [0.5, 0.6) is 5.75 Å². The molecule has 0 fully saturated rings. The molecule has 0 aliphatic heterocycles. The van der Waals surface area contributed by atoms with Crippen molar-refractivity contribution in [2.24, 2.45) is 0 Å². The van der Waals surface area contributed by atoms with E-state index in [9.17, 15) is 4.79 Å². The fraction of sp³-hybridized carbons (Fsp3) is 0.133. The van der Waals surface area contributed by atoms with Crippen LogP contribution in [0.25, 0.3) is 0 Å². The normalized spacial score (nSPS) is 10.3. The monoisotopic (exact) mass is 338 g/mol. The highest BCUT2D eigenvalue weighted by atomic mass is 79.9. The highest BCUT2D eigenvalue weighted by Gasteiger charge is 2.14. The van der Waals surface area contributed by atoms with E-state index in [1.54, 1.807) is 18.2 Å². The van der Waals surface area contributed by atoms with Gasteiger partial charge in [-0.05, 0) is 43.7 Å². The number of carbonyl (C=O) groups excluding carboxylic acids is 1. The van der Waals surface area contributed by atoms with Crippen LogP contribution in [-0.4, -0.2) is 5.97 Å². The summed E-state index contributed by atoms with van der Waals surface area (Å²) in [6, 6.07) is 10.8. The molecule has 0 spiro atoms. The minimum atomic E-state index is -0.406. The minimum absolute atomic E-state index is 0.399. The predicted molar refractivity (Wildman–Crippen MR) is 80.0 cm³/mol. The number of ether oxygens (including phenoxy) is 1. The Balaban J connectivity index is 2.29. The molecule has 2 rings (SSSR count). The Morgan fingerprint density at radius 2 is 1.95 bits per heavy atom. The number of aryl methyl sites for hydroxylation is 2. The van der Waals surface area contributed by atoms with Crippen LogP contribution < -0.4 is 4.74 Å². The van der Waals surface area contributed by atoms with E-state index in [-0.39, 0.29) is 0 Å². The Labute approximate surface area is 125 Å². The first kappa shape index (κ1) is 14.1. The molecule has 0 aliphatic carbocycles. The molecule has 0 N–H and O–H groups in total. The summed E-state index contributed by atoms with van der Waals surface area (Å²) in [7, 11) is 0. The molecule has 2 aromatic rings. The Kier molecular flexibility index (Phi) is 4.27. The van der Waals surface area contributed by atoms with Crippen molar-refractivity contribution in [2.75, 3.05) is 0 Å². The Morgan fingerprint density at radius 1 is 1.21 bits per heavy atom. The number of rotatable bonds is 2. The highest BCUT2D eigenvalue weighted by Crippen LogP contribution is 2.32. The third kappa shape index (κ3) is 3.37. The Morgan fingerprint density at radius 3 is 2.58 bits per heavy atom. The first-order chi connectivity index (χ1) is 8.97. The first-order valence-corrected chi connectivity index (χ1v) is 6.89. The van der Waals surface area contributed by atoms with Gasteiger partial charge in [-0.3, -0.25) is 0 Å². The third-order valence-electron chi connectivity index (χ3n) is 2.64. The molecule has 2 nitrogen and oxygen atoms in total. The number of benzene rings is 2. The highest BCUT2D eigenvalue weighted by molar-refractivity contribution is 9.10. The predicted octanol–water partition coefficient (Wildman–Crippen LogP) is 4.94. The van der Waals surface area contributed by atoms with Crippen molar-refractivity contribution in [2.45, 2.75) is 13.8 Å². The second-order valence-corrected chi connectivity index (χ2v) is 5.62. The molecule has 0 atom stereocenters. The van der Waals surface area contributed by atoms with E-state index < -0.39 is 5.97 Å². The topological polar surface area (TPSA) is 26.3 Å². The van der Waals surface area contributed by atoms with E-state index in [0.29, 0.717) is 16.3 Å². The molecule has 0 radical (unpaired) electrons. The van der Waals surface area contributed by atoms with Crippen LogP contribution in [0, 0.1) is 13.8 Å². The maximum Gasteiger partial charge on any atom is 0.343 e. The summed E-state index contributed by atoms with van der Waals surface area (Å²) in [4.78, 5) is 12.1. The van der Waals surface area contributed by atoms with Crippen LogP contribution in [-0.2, 0) is 0 Å². The third-order valence-corrected chi connectivity index (χ3v) is 3.38. The zero-order valence-electron chi connectivity index (χ0n) is 10.5. The SMILES string of the molecule is Cc1cccc(C(=O)Oc2c(C)cc(Br)cc2Cl)c1. The average molecular weight is 340 g/mol. The van der Waals surface area contributed by atoms with Crippen LogP contribution in [0.4, 0.5) is 0 Å². The van der Waals surface area contributed by atoms with Gasteiger partial charge in [0.15, 0.2) is 5.75 Å². The molecule has 0 heterocycles. The van der Waals surface area contributed by atoms with Gasteiger partial charge >= 0.3 is 5.97 Å². The zero-order chi connectivity index (χ0) is 14.0. The zero-order valence-corrected chi connectivity index (χ0v) is 12.9. The molecule has 0 bridgehead atoms.